The monoisotopic (exact) mass is 627 g/mol. The summed E-state index contributed by atoms with van der Waals surface area (Å²) >= 11 is 0. The quantitative estimate of drug-likeness (QED) is 0.0752. The van der Waals surface area contributed by atoms with Gasteiger partial charge >= 0.3 is 17.9 Å². The molecule has 4 aromatic rings. The fraction of sp³-hybridized carbons (Fsp3) is 0.175. The third kappa shape index (κ3) is 7.94. The highest BCUT2D eigenvalue weighted by Crippen LogP contribution is 2.48. The molecule has 7 heteroatoms. The zero-order chi connectivity index (χ0) is 33.2. The highest BCUT2D eigenvalue weighted by atomic mass is 16.5. The summed E-state index contributed by atoms with van der Waals surface area (Å²) in [5.41, 5.74) is 9.69. The summed E-state index contributed by atoms with van der Waals surface area (Å²) < 4.78 is 15.7. The molecule has 47 heavy (non-hydrogen) atoms. The molecule has 0 aromatic heterocycles. The van der Waals surface area contributed by atoms with Crippen LogP contribution in [0.3, 0.4) is 0 Å². The van der Waals surface area contributed by atoms with Gasteiger partial charge in [0.05, 0.1) is 19.8 Å². The van der Waals surface area contributed by atoms with Gasteiger partial charge in [-0.2, -0.15) is 0 Å². The molecule has 4 aromatic carbocycles. The van der Waals surface area contributed by atoms with Crippen LogP contribution in [0.1, 0.15) is 34.6 Å². The summed E-state index contributed by atoms with van der Waals surface area (Å²) in [4.78, 5) is 36.9. The largest absolute Gasteiger partial charge is 0.463 e. The predicted octanol–water partition coefficient (Wildman–Crippen LogP) is 7.93. The summed E-state index contributed by atoms with van der Waals surface area (Å²) in [6.07, 6.45) is 5.32. The third-order valence-corrected chi connectivity index (χ3v) is 8.11. The zero-order valence-corrected chi connectivity index (χ0v) is 26.2. The van der Waals surface area contributed by atoms with Gasteiger partial charge in [0, 0.05) is 54.0 Å². The highest BCUT2D eigenvalue weighted by Gasteiger charge is 2.29. The predicted molar refractivity (Wildman–Crippen MR) is 184 cm³/mol. The van der Waals surface area contributed by atoms with Crippen molar-refractivity contribution in [1.29, 1.82) is 0 Å². The van der Waals surface area contributed by atoms with E-state index in [0.717, 1.165) is 45.9 Å². The van der Waals surface area contributed by atoms with Gasteiger partial charge in [0.2, 0.25) is 0 Å². The van der Waals surface area contributed by atoms with Crippen molar-refractivity contribution >= 4 is 35.0 Å². The summed E-state index contributed by atoms with van der Waals surface area (Å²) in [5, 5.41) is 0. The van der Waals surface area contributed by atoms with Crippen LogP contribution in [0.5, 0.6) is 0 Å². The van der Waals surface area contributed by atoms with E-state index >= 15 is 0 Å². The van der Waals surface area contributed by atoms with Crippen molar-refractivity contribution in [2.75, 3.05) is 24.7 Å². The number of carbonyl (C=O) groups is 3. The molecule has 0 bridgehead atoms. The van der Waals surface area contributed by atoms with E-state index in [9.17, 15) is 14.4 Å². The third-order valence-electron chi connectivity index (χ3n) is 8.11. The maximum Gasteiger partial charge on any atom is 0.330 e. The molecule has 1 aliphatic rings. The molecular weight excluding hydrogens is 590 g/mol. The van der Waals surface area contributed by atoms with Gasteiger partial charge in [0.1, 0.15) is 0 Å². The molecule has 0 N–H and O–H groups in total. The maximum atomic E-state index is 11.8. The van der Waals surface area contributed by atoms with Crippen molar-refractivity contribution in [2.24, 2.45) is 0 Å². The fourth-order valence-corrected chi connectivity index (χ4v) is 5.81. The molecule has 0 spiro atoms. The van der Waals surface area contributed by atoms with Crippen molar-refractivity contribution < 1.29 is 28.6 Å². The molecule has 0 amide bonds. The van der Waals surface area contributed by atoms with Gasteiger partial charge in [-0.15, -0.1) is 0 Å². The highest BCUT2D eigenvalue weighted by molar-refractivity contribution is 5.85. The van der Waals surface area contributed by atoms with E-state index in [0.29, 0.717) is 19.3 Å². The number of anilines is 3. The Hall–Kier alpha value is -5.69. The maximum absolute atomic E-state index is 11.8. The molecule has 0 saturated carbocycles. The first-order chi connectivity index (χ1) is 22.9. The van der Waals surface area contributed by atoms with E-state index in [1.165, 1.54) is 22.8 Å². The molecule has 0 aliphatic heterocycles. The first-order valence-corrected chi connectivity index (χ1v) is 15.5. The standard InChI is InChI=1S/C40H37NO6/c1-4-38(42)45-24-21-28-11-15-30(16-12-28)41(31-17-13-29(14-18-31)22-25-46-39(43)5-2)32-19-20-35-33-9-7-8-10-34(33)36(37(35)27-32)23-26-47-40(44)6-3/h4-20,27,36H,1-3,21-26H2/t36-/m0/s1. The second kappa shape index (κ2) is 15.5. The van der Waals surface area contributed by atoms with Crippen LogP contribution < -0.4 is 4.90 Å². The van der Waals surface area contributed by atoms with Gasteiger partial charge < -0.3 is 19.1 Å². The van der Waals surface area contributed by atoms with Gasteiger partial charge in [-0.05, 0) is 76.2 Å². The fourth-order valence-electron chi connectivity index (χ4n) is 5.81. The number of nitrogens with zero attached hydrogens (tertiary/aromatic N) is 1. The van der Waals surface area contributed by atoms with Gasteiger partial charge in [-0.25, -0.2) is 14.4 Å². The zero-order valence-electron chi connectivity index (χ0n) is 26.2. The smallest absolute Gasteiger partial charge is 0.330 e. The average Bonchev–Trinajstić information content (AvgIpc) is 3.42. The summed E-state index contributed by atoms with van der Waals surface area (Å²) in [6.45, 7) is 11.2. The van der Waals surface area contributed by atoms with Crippen molar-refractivity contribution in [3.8, 4) is 11.1 Å². The minimum atomic E-state index is -0.439. The summed E-state index contributed by atoms with van der Waals surface area (Å²) in [6, 6.07) is 31.2. The summed E-state index contributed by atoms with van der Waals surface area (Å²) in [7, 11) is 0. The van der Waals surface area contributed by atoms with Gasteiger partial charge in [0.15, 0.2) is 0 Å². The molecule has 0 unspecified atom stereocenters. The van der Waals surface area contributed by atoms with Crippen LogP contribution in [0.15, 0.2) is 129 Å². The first kappa shape index (κ1) is 32.7. The van der Waals surface area contributed by atoms with Gasteiger partial charge in [0.25, 0.3) is 0 Å². The number of hydrogen-bond acceptors (Lipinski definition) is 7. The van der Waals surface area contributed by atoms with Crippen LogP contribution in [0.4, 0.5) is 17.1 Å². The second-order valence-corrected chi connectivity index (χ2v) is 11.0. The van der Waals surface area contributed by atoms with Crippen LogP contribution >= 0.6 is 0 Å². The lowest BCUT2D eigenvalue weighted by atomic mass is 9.93. The Bertz CT molecular complexity index is 1700. The molecule has 0 fully saturated rings. The van der Waals surface area contributed by atoms with Crippen molar-refractivity contribution in [2.45, 2.75) is 25.2 Å². The van der Waals surface area contributed by atoms with Crippen LogP contribution in [0, 0.1) is 0 Å². The van der Waals surface area contributed by atoms with E-state index in [1.807, 2.05) is 36.4 Å². The lowest BCUT2D eigenvalue weighted by Gasteiger charge is -2.27. The Kier molecular flexibility index (Phi) is 10.8. The number of rotatable bonds is 15. The lowest BCUT2D eigenvalue weighted by molar-refractivity contribution is -0.138. The molecular formula is C40H37NO6. The van der Waals surface area contributed by atoms with Gasteiger partial charge in [-0.3, -0.25) is 0 Å². The second-order valence-electron chi connectivity index (χ2n) is 11.0. The normalized spacial score (nSPS) is 12.6. The van der Waals surface area contributed by atoms with E-state index in [2.05, 4.69) is 79.2 Å². The first-order valence-electron chi connectivity index (χ1n) is 15.5. The van der Waals surface area contributed by atoms with Crippen LogP contribution in [-0.4, -0.2) is 37.7 Å². The topological polar surface area (TPSA) is 82.1 Å². The van der Waals surface area contributed by atoms with Crippen LogP contribution in [-0.2, 0) is 41.4 Å². The molecule has 0 radical (unpaired) electrons. The number of ether oxygens (including phenoxy) is 3. The number of hydrogen-bond donors (Lipinski definition) is 0. The molecule has 0 heterocycles. The number of carbonyl (C=O) groups excluding carboxylic acids is 3. The van der Waals surface area contributed by atoms with Crippen LogP contribution in [0.25, 0.3) is 11.1 Å². The van der Waals surface area contributed by atoms with E-state index in [4.69, 9.17) is 14.2 Å². The van der Waals surface area contributed by atoms with Gasteiger partial charge in [-0.1, -0.05) is 74.3 Å². The molecule has 1 aliphatic carbocycles. The number of benzene rings is 4. The SMILES string of the molecule is C=CC(=O)OCCc1ccc(N(c2ccc(CCOC(=O)C=C)cc2)c2ccc3c(c2)[C@@H](CCOC(=O)C=C)c2ccccc2-3)cc1. The van der Waals surface area contributed by atoms with E-state index < -0.39 is 17.9 Å². The number of esters is 3. The molecule has 7 nitrogen and oxygen atoms in total. The van der Waals surface area contributed by atoms with E-state index in [1.54, 1.807) is 0 Å². The Morgan fingerprint density at radius 2 is 1.04 bits per heavy atom. The molecule has 1 atom stereocenters. The molecule has 238 valence electrons. The van der Waals surface area contributed by atoms with Crippen LogP contribution in [0.2, 0.25) is 0 Å². The van der Waals surface area contributed by atoms with E-state index in [-0.39, 0.29) is 25.7 Å². The number of fused-ring (bicyclic) bond motifs is 3. The lowest BCUT2D eigenvalue weighted by Crippen LogP contribution is -2.12. The molecule has 5 rings (SSSR count). The minimum absolute atomic E-state index is 0.0573. The Morgan fingerprint density at radius 1 is 0.574 bits per heavy atom. The Balaban J connectivity index is 1.47. The van der Waals surface area contributed by atoms with Crippen molar-refractivity contribution in [3.05, 3.63) is 151 Å². The molecule has 0 saturated heterocycles. The average molecular weight is 628 g/mol. The van der Waals surface area contributed by atoms with Crippen molar-refractivity contribution in [1.82, 2.24) is 0 Å². The Labute approximate surface area is 275 Å². The Morgan fingerprint density at radius 3 is 1.57 bits per heavy atom. The summed E-state index contributed by atoms with van der Waals surface area (Å²) in [5.74, 6) is -1.25. The van der Waals surface area contributed by atoms with Crippen molar-refractivity contribution in [3.63, 3.8) is 0 Å². The minimum Gasteiger partial charge on any atom is -0.463 e.